The molecule has 1 N–H and O–H groups in total. The molecule has 1 aliphatic rings. The zero-order valence-electron chi connectivity index (χ0n) is 16.0. The normalized spacial score (nSPS) is 13.3. The number of hydrogen-bond acceptors (Lipinski definition) is 7. The molecule has 0 unspecified atom stereocenters. The minimum atomic E-state index is -4.66. The summed E-state index contributed by atoms with van der Waals surface area (Å²) in [6.07, 6.45) is 0.105. The highest BCUT2D eigenvalue weighted by Crippen LogP contribution is 2.35. The van der Waals surface area contributed by atoms with Gasteiger partial charge in [-0.15, -0.1) is 10.2 Å². The molecule has 31 heavy (non-hydrogen) atoms. The fraction of sp³-hybridized carbons (Fsp3) is 0.250. The van der Waals surface area contributed by atoms with Crippen LogP contribution < -0.4 is 10.1 Å². The van der Waals surface area contributed by atoms with Crippen molar-refractivity contribution in [1.82, 2.24) is 20.2 Å². The first-order valence-corrected chi connectivity index (χ1v) is 9.90. The Morgan fingerprint density at radius 2 is 2.06 bits per heavy atom. The van der Waals surface area contributed by atoms with Crippen LogP contribution in [0.5, 0.6) is 5.75 Å². The lowest BCUT2D eigenvalue weighted by molar-refractivity contribution is -0.141. The molecule has 11 heteroatoms. The molecule has 158 valence electrons. The maximum Gasteiger partial charge on any atom is 0.433 e. The summed E-state index contributed by atoms with van der Waals surface area (Å²) in [6, 6.07) is 3.33. The summed E-state index contributed by atoms with van der Waals surface area (Å²) in [5, 5.41) is 11.1. The Balaban J connectivity index is 1.65. The molecule has 0 radical (unpaired) electrons. The number of carbonyl (C=O) groups is 1. The van der Waals surface area contributed by atoms with E-state index in [1.807, 2.05) is 0 Å². The van der Waals surface area contributed by atoms with Gasteiger partial charge in [-0.05, 0) is 37.0 Å². The third kappa shape index (κ3) is 4.80. The molecular weight excluding hydrogens is 431 g/mol. The van der Waals surface area contributed by atoms with Crippen LogP contribution in [-0.2, 0) is 6.18 Å². The summed E-state index contributed by atoms with van der Waals surface area (Å²) in [5.74, 6) is 5.84. The van der Waals surface area contributed by atoms with Gasteiger partial charge in [-0.2, -0.15) is 13.2 Å². The second kappa shape index (κ2) is 8.31. The maximum atomic E-state index is 13.2. The standard InChI is InChI=1S/C20H14F3N5O2S/c1-30-14-5-6-15(20(21,22)23)25-17(14)13-10-24-9-8-12(13)18(29)26-19-28-27-16(31-19)7-4-11-2-3-11/h5-6,8-11H,2-3H2,1H3,(H,26,28,29). The van der Waals surface area contributed by atoms with Crippen molar-refractivity contribution in [3.8, 4) is 28.8 Å². The van der Waals surface area contributed by atoms with Gasteiger partial charge in [-0.1, -0.05) is 17.3 Å². The van der Waals surface area contributed by atoms with Crippen molar-refractivity contribution < 1.29 is 22.7 Å². The van der Waals surface area contributed by atoms with Crippen LogP contribution in [0.2, 0.25) is 0 Å². The fourth-order valence-corrected chi connectivity index (χ4v) is 3.22. The summed E-state index contributed by atoms with van der Waals surface area (Å²) < 4.78 is 44.6. The van der Waals surface area contributed by atoms with E-state index in [1.165, 1.54) is 25.6 Å². The van der Waals surface area contributed by atoms with E-state index in [1.54, 1.807) is 0 Å². The number of nitrogens with one attached hydrogen (secondary N) is 1. The molecule has 0 aliphatic heterocycles. The van der Waals surface area contributed by atoms with E-state index in [0.29, 0.717) is 10.9 Å². The van der Waals surface area contributed by atoms with Crippen LogP contribution in [0.4, 0.5) is 18.3 Å². The third-order valence-corrected chi connectivity index (χ3v) is 5.05. The summed E-state index contributed by atoms with van der Waals surface area (Å²) in [4.78, 5) is 20.4. The van der Waals surface area contributed by atoms with Crippen molar-refractivity contribution in [2.45, 2.75) is 19.0 Å². The van der Waals surface area contributed by atoms with Gasteiger partial charge in [0.1, 0.15) is 17.1 Å². The SMILES string of the molecule is COc1ccc(C(F)(F)F)nc1-c1cnccc1C(=O)Nc1nnc(C#CC2CC2)s1. The van der Waals surface area contributed by atoms with Crippen LogP contribution >= 0.6 is 11.3 Å². The lowest BCUT2D eigenvalue weighted by Crippen LogP contribution is -2.14. The highest BCUT2D eigenvalue weighted by Gasteiger charge is 2.34. The van der Waals surface area contributed by atoms with Gasteiger partial charge in [0.2, 0.25) is 5.13 Å². The second-order valence-electron chi connectivity index (χ2n) is 6.58. The average molecular weight is 445 g/mol. The summed E-state index contributed by atoms with van der Waals surface area (Å²) >= 11 is 1.11. The molecule has 7 nitrogen and oxygen atoms in total. The molecule has 3 heterocycles. The molecular formula is C20H14F3N5O2S. The number of amides is 1. The predicted molar refractivity (Wildman–Crippen MR) is 106 cm³/mol. The predicted octanol–water partition coefficient (Wildman–Crippen LogP) is 4.04. The third-order valence-electron chi connectivity index (χ3n) is 4.30. The Hall–Kier alpha value is -3.52. The highest BCUT2D eigenvalue weighted by atomic mass is 32.1. The minimum Gasteiger partial charge on any atom is -0.494 e. The molecule has 3 aromatic rings. The number of carbonyl (C=O) groups excluding carboxylic acids is 1. The van der Waals surface area contributed by atoms with Gasteiger partial charge in [0, 0.05) is 23.9 Å². The summed E-state index contributed by atoms with van der Waals surface area (Å²) in [6.45, 7) is 0. The van der Waals surface area contributed by atoms with Crippen LogP contribution in [0.15, 0.2) is 30.6 Å². The van der Waals surface area contributed by atoms with Gasteiger partial charge in [0.05, 0.1) is 12.7 Å². The van der Waals surface area contributed by atoms with Crippen molar-refractivity contribution in [2.24, 2.45) is 5.92 Å². The van der Waals surface area contributed by atoms with Gasteiger partial charge in [0.15, 0.2) is 5.01 Å². The summed E-state index contributed by atoms with van der Waals surface area (Å²) in [5.41, 5.74) is -1.12. The van der Waals surface area contributed by atoms with Crippen LogP contribution in [0, 0.1) is 17.8 Å². The molecule has 3 aromatic heterocycles. The summed E-state index contributed by atoms with van der Waals surface area (Å²) in [7, 11) is 1.30. The lowest BCUT2D eigenvalue weighted by atomic mass is 10.0. The van der Waals surface area contributed by atoms with Gasteiger partial charge in [0.25, 0.3) is 5.91 Å². The van der Waals surface area contributed by atoms with Crippen molar-refractivity contribution in [3.63, 3.8) is 0 Å². The van der Waals surface area contributed by atoms with Crippen LogP contribution in [0.1, 0.15) is 33.9 Å². The molecule has 0 aromatic carbocycles. The number of alkyl halides is 3. The second-order valence-corrected chi connectivity index (χ2v) is 7.55. The van der Waals surface area contributed by atoms with Crippen molar-refractivity contribution in [2.75, 3.05) is 12.4 Å². The van der Waals surface area contributed by atoms with Crippen molar-refractivity contribution >= 4 is 22.4 Å². The number of ether oxygens (including phenoxy) is 1. The Kier molecular flexibility index (Phi) is 5.56. The topological polar surface area (TPSA) is 89.9 Å². The average Bonchev–Trinajstić information content (AvgIpc) is 3.49. The van der Waals surface area contributed by atoms with E-state index in [0.717, 1.165) is 36.3 Å². The van der Waals surface area contributed by atoms with Gasteiger partial charge in [-0.25, -0.2) is 4.98 Å². The number of rotatable bonds is 4. The van der Waals surface area contributed by atoms with Gasteiger partial charge >= 0.3 is 6.18 Å². The molecule has 1 saturated carbocycles. The molecule has 1 aliphatic carbocycles. The van der Waals surface area contributed by atoms with E-state index in [2.05, 4.69) is 37.3 Å². The number of aromatic nitrogens is 4. The van der Waals surface area contributed by atoms with Gasteiger partial charge < -0.3 is 4.74 Å². The molecule has 0 saturated heterocycles. The molecule has 1 amide bonds. The Labute approximate surface area is 178 Å². The largest absolute Gasteiger partial charge is 0.494 e. The van der Waals surface area contributed by atoms with E-state index in [9.17, 15) is 18.0 Å². The molecule has 0 atom stereocenters. The first-order chi connectivity index (χ1) is 14.8. The number of nitrogens with zero attached hydrogens (tertiary/aromatic N) is 4. The molecule has 1 fully saturated rings. The van der Waals surface area contributed by atoms with E-state index in [4.69, 9.17) is 4.74 Å². The van der Waals surface area contributed by atoms with E-state index < -0.39 is 17.8 Å². The molecule has 0 bridgehead atoms. The van der Waals surface area contributed by atoms with E-state index >= 15 is 0 Å². The highest BCUT2D eigenvalue weighted by molar-refractivity contribution is 7.15. The Bertz CT molecular complexity index is 1200. The Morgan fingerprint density at radius 3 is 2.77 bits per heavy atom. The number of pyridine rings is 2. The first kappa shape index (κ1) is 20.7. The van der Waals surface area contributed by atoms with Crippen molar-refractivity contribution in [1.29, 1.82) is 0 Å². The number of anilines is 1. The monoisotopic (exact) mass is 445 g/mol. The maximum absolute atomic E-state index is 13.2. The number of halogens is 3. The zero-order chi connectivity index (χ0) is 22.0. The smallest absolute Gasteiger partial charge is 0.433 e. The first-order valence-electron chi connectivity index (χ1n) is 9.08. The molecule has 0 spiro atoms. The number of hydrogen-bond donors (Lipinski definition) is 1. The quantitative estimate of drug-likeness (QED) is 0.610. The van der Waals surface area contributed by atoms with Crippen LogP contribution in [-0.4, -0.2) is 33.2 Å². The van der Waals surface area contributed by atoms with Crippen molar-refractivity contribution in [3.05, 3.63) is 46.9 Å². The molecule has 4 rings (SSSR count). The van der Waals surface area contributed by atoms with Crippen LogP contribution in [0.3, 0.4) is 0 Å². The van der Waals surface area contributed by atoms with Gasteiger partial charge in [-0.3, -0.25) is 15.1 Å². The fourth-order valence-electron chi connectivity index (χ4n) is 2.62. The minimum absolute atomic E-state index is 0.0564. The number of methoxy groups -OCH3 is 1. The van der Waals surface area contributed by atoms with E-state index in [-0.39, 0.29) is 27.7 Å². The lowest BCUT2D eigenvalue weighted by Gasteiger charge is -2.14. The van der Waals surface area contributed by atoms with Crippen LogP contribution in [0.25, 0.3) is 11.3 Å². The Morgan fingerprint density at radius 1 is 1.26 bits per heavy atom. The zero-order valence-corrected chi connectivity index (χ0v) is 16.8.